The molecule has 1 heterocycles. The second kappa shape index (κ2) is 9.00. The summed E-state index contributed by atoms with van der Waals surface area (Å²) < 4.78 is 5.36. The first-order valence-electron chi connectivity index (χ1n) is 11.6. The molecular formula is C28H27N3O4. The van der Waals surface area contributed by atoms with Crippen LogP contribution >= 0.6 is 0 Å². The van der Waals surface area contributed by atoms with Gasteiger partial charge in [-0.2, -0.15) is 0 Å². The SMILES string of the molecule is CN(C)C(=O)c1ccc(-c2cc(C(N)=O)c3c(c2)-c2ccc(C(=O)N4CCOCC4)cc2C3)cc1. The third-order valence-electron chi connectivity index (χ3n) is 6.69. The molecule has 3 aromatic carbocycles. The minimum atomic E-state index is -0.486. The molecule has 35 heavy (non-hydrogen) atoms. The van der Waals surface area contributed by atoms with Crippen molar-refractivity contribution in [3.63, 3.8) is 0 Å². The Bertz CT molecular complexity index is 1340. The van der Waals surface area contributed by atoms with Crippen molar-refractivity contribution in [2.24, 2.45) is 5.73 Å². The lowest BCUT2D eigenvalue weighted by atomic mass is 9.93. The van der Waals surface area contributed by atoms with Gasteiger partial charge in [0.25, 0.3) is 11.8 Å². The van der Waals surface area contributed by atoms with E-state index in [2.05, 4.69) is 6.07 Å². The molecule has 2 aliphatic rings. The highest BCUT2D eigenvalue weighted by atomic mass is 16.5. The quantitative estimate of drug-likeness (QED) is 0.497. The lowest BCUT2D eigenvalue weighted by Gasteiger charge is -2.27. The molecule has 0 bridgehead atoms. The number of amides is 3. The van der Waals surface area contributed by atoms with E-state index in [9.17, 15) is 14.4 Å². The van der Waals surface area contributed by atoms with E-state index in [1.54, 1.807) is 26.2 Å². The van der Waals surface area contributed by atoms with Crippen molar-refractivity contribution in [2.45, 2.75) is 6.42 Å². The van der Waals surface area contributed by atoms with Gasteiger partial charge < -0.3 is 20.3 Å². The second-order valence-corrected chi connectivity index (χ2v) is 9.14. The zero-order valence-electron chi connectivity index (χ0n) is 19.8. The summed E-state index contributed by atoms with van der Waals surface area (Å²) in [6.07, 6.45) is 0.545. The molecule has 0 radical (unpaired) electrons. The lowest BCUT2D eigenvalue weighted by molar-refractivity contribution is 0.0303. The van der Waals surface area contributed by atoms with Gasteiger partial charge in [-0.1, -0.05) is 18.2 Å². The number of rotatable bonds is 4. The van der Waals surface area contributed by atoms with E-state index in [4.69, 9.17) is 10.5 Å². The van der Waals surface area contributed by atoms with Gasteiger partial charge in [-0.3, -0.25) is 14.4 Å². The monoisotopic (exact) mass is 469 g/mol. The lowest BCUT2D eigenvalue weighted by Crippen LogP contribution is -2.40. The second-order valence-electron chi connectivity index (χ2n) is 9.14. The normalized spacial score (nSPS) is 14.3. The highest BCUT2D eigenvalue weighted by Crippen LogP contribution is 2.41. The number of carbonyl (C=O) groups is 3. The molecule has 5 rings (SSSR count). The van der Waals surface area contributed by atoms with Crippen LogP contribution in [-0.2, 0) is 11.2 Å². The largest absolute Gasteiger partial charge is 0.378 e. The van der Waals surface area contributed by atoms with Crippen LogP contribution in [0.4, 0.5) is 0 Å². The third kappa shape index (κ3) is 4.19. The Hall–Kier alpha value is -3.97. The molecule has 1 saturated heterocycles. The summed E-state index contributed by atoms with van der Waals surface area (Å²) in [5.41, 5.74) is 13.1. The number of primary amides is 1. The molecule has 0 spiro atoms. The average molecular weight is 470 g/mol. The van der Waals surface area contributed by atoms with E-state index < -0.39 is 5.91 Å². The Balaban J connectivity index is 1.51. The van der Waals surface area contributed by atoms with E-state index >= 15 is 0 Å². The molecule has 7 heteroatoms. The van der Waals surface area contributed by atoms with Crippen LogP contribution in [0.3, 0.4) is 0 Å². The number of carbonyl (C=O) groups excluding carboxylic acids is 3. The molecule has 1 fully saturated rings. The van der Waals surface area contributed by atoms with Crippen LogP contribution < -0.4 is 5.73 Å². The smallest absolute Gasteiger partial charge is 0.254 e. The van der Waals surface area contributed by atoms with E-state index in [0.717, 1.165) is 33.4 Å². The van der Waals surface area contributed by atoms with Crippen molar-refractivity contribution < 1.29 is 19.1 Å². The molecule has 3 amide bonds. The van der Waals surface area contributed by atoms with E-state index in [1.807, 2.05) is 41.3 Å². The standard InChI is InChI=1S/C28H27N3O4/c1-30(2)27(33)18-5-3-17(4-6-18)20-14-23-22-8-7-19(28(34)31-9-11-35-12-10-31)13-21(22)16-24(23)25(15-20)26(29)32/h3-8,13-15H,9-12,16H2,1-2H3,(H2,29,32). The van der Waals surface area contributed by atoms with Gasteiger partial charge in [0.2, 0.25) is 5.91 Å². The topological polar surface area (TPSA) is 92.9 Å². The number of hydrogen-bond acceptors (Lipinski definition) is 4. The maximum absolute atomic E-state index is 13.0. The number of benzene rings is 3. The number of morpholine rings is 1. The number of nitrogens with two attached hydrogens (primary N) is 1. The van der Waals surface area contributed by atoms with Gasteiger partial charge in [-0.15, -0.1) is 0 Å². The van der Waals surface area contributed by atoms with Crippen LogP contribution in [0.25, 0.3) is 22.3 Å². The third-order valence-corrected chi connectivity index (χ3v) is 6.69. The van der Waals surface area contributed by atoms with Crippen molar-refractivity contribution >= 4 is 17.7 Å². The van der Waals surface area contributed by atoms with Gasteiger partial charge in [-0.25, -0.2) is 0 Å². The number of ether oxygens (including phenoxy) is 1. The molecule has 178 valence electrons. The highest BCUT2D eigenvalue weighted by molar-refractivity contribution is 6.01. The summed E-state index contributed by atoms with van der Waals surface area (Å²) in [5.74, 6) is -0.560. The van der Waals surface area contributed by atoms with Crippen LogP contribution in [0.2, 0.25) is 0 Å². The zero-order valence-corrected chi connectivity index (χ0v) is 19.8. The Morgan fingerprint density at radius 3 is 2.20 bits per heavy atom. The summed E-state index contributed by atoms with van der Waals surface area (Å²) >= 11 is 0. The minimum absolute atomic E-state index is 0.00442. The van der Waals surface area contributed by atoms with Crippen molar-refractivity contribution in [3.8, 4) is 22.3 Å². The van der Waals surface area contributed by atoms with Crippen LogP contribution in [0, 0.1) is 0 Å². The Labute approximate surface area is 204 Å². The summed E-state index contributed by atoms with van der Waals surface area (Å²) in [5, 5.41) is 0. The molecule has 0 saturated carbocycles. The first-order valence-corrected chi connectivity index (χ1v) is 11.6. The number of hydrogen-bond donors (Lipinski definition) is 1. The molecule has 0 unspecified atom stereocenters. The predicted molar refractivity (Wildman–Crippen MR) is 133 cm³/mol. The molecule has 2 N–H and O–H groups in total. The summed E-state index contributed by atoms with van der Waals surface area (Å²) in [6, 6.07) is 16.9. The minimum Gasteiger partial charge on any atom is -0.378 e. The summed E-state index contributed by atoms with van der Waals surface area (Å²) in [6.45, 7) is 2.28. The fourth-order valence-electron chi connectivity index (χ4n) is 4.83. The van der Waals surface area contributed by atoms with Gasteiger partial charge in [0.1, 0.15) is 0 Å². The highest BCUT2D eigenvalue weighted by Gasteiger charge is 2.27. The van der Waals surface area contributed by atoms with Gasteiger partial charge >= 0.3 is 0 Å². The van der Waals surface area contributed by atoms with Crippen molar-refractivity contribution in [3.05, 3.63) is 82.4 Å². The van der Waals surface area contributed by atoms with E-state index in [0.29, 0.717) is 49.4 Å². The number of fused-ring (bicyclic) bond motifs is 3. The molecular weight excluding hydrogens is 442 g/mol. The molecule has 1 aliphatic heterocycles. The van der Waals surface area contributed by atoms with Crippen LogP contribution in [0.15, 0.2) is 54.6 Å². The fourth-order valence-corrected chi connectivity index (χ4v) is 4.83. The Morgan fingerprint density at radius 2 is 1.54 bits per heavy atom. The van der Waals surface area contributed by atoms with Crippen molar-refractivity contribution in [2.75, 3.05) is 40.4 Å². The summed E-state index contributed by atoms with van der Waals surface area (Å²) in [7, 11) is 3.43. The first kappa shape index (κ1) is 22.8. The van der Waals surface area contributed by atoms with E-state index in [-0.39, 0.29) is 11.8 Å². The average Bonchev–Trinajstić information content (AvgIpc) is 3.25. The Kier molecular flexibility index (Phi) is 5.86. The predicted octanol–water partition coefficient (Wildman–Crippen LogP) is 3.20. The van der Waals surface area contributed by atoms with Crippen LogP contribution in [0.5, 0.6) is 0 Å². The fraction of sp³-hybridized carbons (Fsp3) is 0.250. The van der Waals surface area contributed by atoms with Gasteiger partial charge in [0, 0.05) is 43.9 Å². The Morgan fingerprint density at radius 1 is 0.857 bits per heavy atom. The molecule has 3 aromatic rings. The number of nitrogens with zero attached hydrogens (tertiary/aromatic N) is 2. The van der Waals surface area contributed by atoms with Crippen molar-refractivity contribution in [1.82, 2.24) is 9.80 Å². The first-order chi connectivity index (χ1) is 16.8. The zero-order chi connectivity index (χ0) is 24.7. The summed E-state index contributed by atoms with van der Waals surface area (Å²) in [4.78, 5) is 40.9. The molecule has 7 nitrogen and oxygen atoms in total. The van der Waals surface area contributed by atoms with Gasteiger partial charge in [0.15, 0.2) is 0 Å². The molecule has 0 atom stereocenters. The van der Waals surface area contributed by atoms with Crippen LogP contribution in [0.1, 0.15) is 42.2 Å². The molecule has 0 aromatic heterocycles. The maximum Gasteiger partial charge on any atom is 0.254 e. The molecule has 1 aliphatic carbocycles. The van der Waals surface area contributed by atoms with Gasteiger partial charge in [0.05, 0.1) is 13.2 Å². The van der Waals surface area contributed by atoms with Gasteiger partial charge in [-0.05, 0) is 76.2 Å². The van der Waals surface area contributed by atoms with E-state index in [1.165, 1.54) is 4.90 Å². The maximum atomic E-state index is 13.0. The van der Waals surface area contributed by atoms with Crippen molar-refractivity contribution in [1.29, 1.82) is 0 Å². The van der Waals surface area contributed by atoms with Crippen LogP contribution in [-0.4, -0.2) is 67.9 Å².